The van der Waals surface area contributed by atoms with Gasteiger partial charge in [-0.1, -0.05) is 19.4 Å². The predicted octanol–water partition coefficient (Wildman–Crippen LogP) is 3.90. The molecule has 4 aliphatic carbocycles. The number of carbonyl (C=O) groups is 4. The number of aliphatic hydroxyl groups is 1. The first-order valence-corrected chi connectivity index (χ1v) is 15.0. The van der Waals surface area contributed by atoms with Crippen molar-refractivity contribution in [1.29, 1.82) is 0 Å². The van der Waals surface area contributed by atoms with E-state index in [0.29, 0.717) is 37.2 Å². The number of hydrogen-bond acceptors (Lipinski definition) is 8. The summed E-state index contributed by atoms with van der Waals surface area (Å²) in [5, 5.41) is 8.84. The van der Waals surface area contributed by atoms with E-state index < -0.39 is 5.97 Å². The zero-order valence-electron chi connectivity index (χ0n) is 22.0. The molecule has 1 N–H and O–H groups in total. The van der Waals surface area contributed by atoms with Crippen LogP contribution in [0, 0.1) is 40.4 Å². The summed E-state index contributed by atoms with van der Waals surface area (Å²) in [4.78, 5) is 50.1. The maximum absolute atomic E-state index is 13.8. The molecule has 5 aliphatic rings. The largest absolute Gasteiger partial charge is 0.465 e. The van der Waals surface area contributed by atoms with Crippen LogP contribution in [0.3, 0.4) is 0 Å². The van der Waals surface area contributed by atoms with E-state index in [1.165, 1.54) is 17.3 Å². The standard InChI is InChI=1S/C29H40O7S/c1-28-9-5-19(31)14-18(28)3-4-20-21(28)6-10-29(2)22(20)13-17(15-36-25(33)7-11-30)26(29)23(32)16-37-24-8-12-35-27(24)34/h14,17,20-22,24,26,30H,3-13,15-16H2,1-2H3/t17-,20+,21-,22-,24?,26+,28-,29-/m0/s1. The fourth-order valence-electron chi connectivity index (χ4n) is 8.80. The Balaban J connectivity index is 1.38. The maximum atomic E-state index is 13.8. The zero-order chi connectivity index (χ0) is 26.4. The Kier molecular flexibility index (Phi) is 7.62. The number of thioether (sulfide) groups is 1. The van der Waals surface area contributed by atoms with E-state index >= 15 is 0 Å². The minimum atomic E-state index is -0.429. The van der Waals surface area contributed by atoms with Crippen LogP contribution in [0.15, 0.2) is 11.6 Å². The van der Waals surface area contributed by atoms with E-state index in [0.717, 1.165) is 38.5 Å². The first-order chi connectivity index (χ1) is 17.7. The molecule has 8 heteroatoms. The number of allylic oxidation sites excluding steroid dienone is 1. The number of hydrogen-bond donors (Lipinski definition) is 1. The number of esters is 2. The van der Waals surface area contributed by atoms with Gasteiger partial charge in [0, 0.05) is 24.7 Å². The Morgan fingerprint density at radius 2 is 1.95 bits per heavy atom. The molecule has 0 aromatic rings. The molecule has 0 aromatic heterocycles. The van der Waals surface area contributed by atoms with E-state index in [4.69, 9.17) is 14.6 Å². The van der Waals surface area contributed by atoms with Crippen LogP contribution in [0.5, 0.6) is 0 Å². The van der Waals surface area contributed by atoms with Crippen LogP contribution in [0.2, 0.25) is 0 Å². The Morgan fingerprint density at radius 3 is 2.68 bits per heavy atom. The van der Waals surface area contributed by atoms with Gasteiger partial charge >= 0.3 is 11.9 Å². The van der Waals surface area contributed by atoms with Crippen molar-refractivity contribution in [1.82, 2.24) is 0 Å². The second kappa shape index (κ2) is 10.5. The van der Waals surface area contributed by atoms with Crippen molar-refractivity contribution in [2.45, 2.75) is 76.9 Å². The van der Waals surface area contributed by atoms with Gasteiger partial charge < -0.3 is 14.6 Å². The summed E-state index contributed by atoms with van der Waals surface area (Å²) in [5.74, 6) is 1.10. The first-order valence-electron chi connectivity index (χ1n) is 14.0. The van der Waals surface area contributed by atoms with E-state index in [-0.39, 0.29) is 70.8 Å². The first kappa shape index (κ1) is 26.9. The van der Waals surface area contributed by atoms with Gasteiger partial charge in [-0.05, 0) is 73.2 Å². The minimum Gasteiger partial charge on any atom is -0.465 e. The molecule has 37 heavy (non-hydrogen) atoms. The molecule has 1 unspecified atom stereocenters. The highest BCUT2D eigenvalue weighted by molar-refractivity contribution is 8.01. The van der Waals surface area contributed by atoms with Gasteiger partial charge in [-0.3, -0.25) is 19.2 Å². The summed E-state index contributed by atoms with van der Waals surface area (Å²) < 4.78 is 10.6. The number of ether oxygens (including phenoxy) is 2. The van der Waals surface area contributed by atoms with Gasteiger partial charge in [-0.2, -0.15) is 0 Å². The molecule has 204 valence electrons. The quantitative estimate of drug-likeness (QED) is 0.469. The molecule has 1 aliphatic heterocycles. The van der Waals surface area contributed by atoms with Crippen molar-refractivity contribution in [3.63, 3.8) is 0 Å². The van der Waals surface area contributed by atoms with Crippen LogP contribution in [-0.4, -0.2) is 59.4 Å². The summed E-state index contributed by atoms with van der Waals surface area (Å²) >= 11 is 1.39. The van der Waals surface area contributed by atoms with Crippen molar-refractivity contribution < 1.29 is 33.8 Å². The lowest BCUT2D eigenvalue weighted by Crippen LogP contribution is -2.51. The monoisotopic (exact) mass is 532 g/mol. The van der Waals surface area contributed by atoms with E-state index in [1.807, 2.05) is 6.08 Å². The van der Waals surface area contributed by atoms with Crippen LogP contribution >= 0.6 is 11.8 Å². The smallest absolute Gasteiger partial charge is 0.319 e. The second-order valence-electron chi connectivity index (χ2n) is 12.4. The van der Waals surface area contributed by atoms with Gasteiger partial charge in [-0.15, -0.1) is 11.8 Å². The molecule has 4 fully saturated rings. The highest BCUT2D eigenvalue weighted by Gasteiger charge is 2.62. The fraction of sp³-hybridized carbons (Fsp3) is 0.793. The van der Waals surface area contributed by atoms with Gasteiger partial charge in [0.05, 0.1) is 32.0 Å². The lowest BCUT2D eigenvalue weighted by atomic mass is 9.46. The van der Waals surface area contributed by atoms with Crippen molar-refractivity contribution in [3.8, 4) is 0 Å². The van der Waals surface area contributed by atoms with Gasteiger partial charge in [0.15, 0.2) is 5.78 Å². The van der Waals surface area contributed by atoms with E-state index in [1.54, 1.807) is 0 Å². The summed E-state index contributed by atoms with van der Waals surface area (Å²) in [6.07, 6.45) is 8.90. The van der Waals surface area contributed by atoms with Crippen molar-refractivity contribution in [3.05, 3.63) is 11.6 Å². The Hall–Kier alpha value is -1.67. The third-order valence-corrected chi connectivity index (χ3v) is 11.9. The molecule has 1 heterocycles. The van der Waals surface area contributed by atoms with Crippen LogP contribution in [0.25, 0.3) is 0 Å². The number of aliphatic hydroxyl groups excluding tert-OH is 1. The second-order valence-corrected chi connectivity index (χ2v) is 13.6. The molecule has 3 saturated carbocycles. The molecular weight excluding hydrogens is 492 g/mol. The van der Waals surface area contributed by atoms with Crippen LogP contribution in [0.4, 0.5) is 0 Å². The van der Waals surface area contributed by atoms with Crippen molar-refractivity contribution in [2.75, 3.05) is 25.6 Å². The predicted molar refractivity (Wildman–Crippen MR) is 139 cm³/mol. The van der Waals surface area contributed by atoms with Crippen LogP contribution < -0.4 is 0 Å². The number of Topliss-reactive ketones (excluding diaryl/α,β-unsaturated/α-hetero) is 1. The summed E-state index contributed by atoms with van der Waals surface area (Å²) in [7, 11) is 0. The molecular formula is C29H40O7S. The number of rotatable bonds is 8. The molecule has 0 spiro atoms. The molecule has 0 aromatic carbocycles. The SMILES string of the molecule is C[C@]12CC[C@H]3[C@@H](CCC4=CC(=O)CC[C@@]43C)[C@@H]1C[C@@H](COC(=O)CCO)[C@@H]2C(=O)CSC1CCOC1=O. The van der Waals surface area contributed by atoms with E-state index in [9.17, 15) is 19.2 Å². The topological polar surface area (TPSA) is 107 Å². The van der Waals surface area contributed by atoms with Crippen LogP contribution in [0.1, 0.15) is 71.6 Å². The maximum Gasteiger partial charge on any atom is 0.319 e. The lowest BCUT2D eigenvalue weighted by Gasteiger charge is -2.58. The fourth-order valence-corrected chi connectivity index (χ4v) is 9.81. The normalized spacial score (nSPS) is 40.8. The highest BCUT2D eigenvalue weighted by Crippen LogP contribution is 2.67. The van der Waals surface area contributed by atoms with Gasteiger partial charge in [0.25, 0.3) is 0 Å². The number of cyclic esters (lactones) is 1. The Labute approximate surface area is 223 Å². The number of carbonyl (C=O) groups excluding carboxylic acids is 4. The number of ketones is 2. The average Bonchev–Trinajstić information content (AvgIpc) is 3.41. The zero-order valence-corrected chi connectivity index (χ0v) is 22.9. The molecule has 0 amide bonds. The summed E-state index contributed by atoms with van der Waals surface area (Å²) in [6.45, 7) is 5.00. The van der Waals surface area contributed by atoms with Gasteiger partial charge in [0.2, 0.25) is 0 Å². The van der Waals surface area contributed by atoms with Crippen molar-refractivity contribution in [2.24, 2.45) is 40.4 Å². The average molecular weight is 533 g/mol. The van der Waals surface area contributed by atoms with Gasteiger partial charge in [0.1, 0.15) is 11.0 Å². The molecule has 0 bridgehead atoms. The number of fused-ring (bicyclic) bond motifs is 5. The molecule has 1 saturated heterocycles. The lowest BCUT2D eigenvalue weighted by molar-refractivity contribution is -0.147. The van der Waals surface area contributed by atoms with Crippen molar-refractivity contribution >= 4 is 35.3 Å². The minimum absolute atomic E-state index is 0.0391. The van der Waals surface area contributed by atoms with E-state index in [2.05, 4.69) is 13.8 Å². The molecule has 7 nitrogen and oxygen atoms in total. The Morgan fingerprint density at radius 1 is 1.14 bits per heavy atom. The molecule has 5 rings (SSSR count). The third kappa shape index (κ3) is 4.81. The summed E-state index contributed by atoms with van der Waals surface area (Å²) in [6, 6.07) is 0. The highest BCUT2D eigenvalue weighted by atomic mass is 32.2. The third-order valence-electron chi connectivity index (χ3n) is 10.6. The molecule has 0 radical (unpaired) electrons. The Bertz CT molecular complexity index is 991. The van der Waals surface area contributed by atoms with Gasteiger partial charge in [-0.25, -0.2) is 0 Å². The van der Waals surface area contributed by atoms with Crippen LogP contribution in [-0.2, 0) is 28.7 Å². The molecule has 8 atom stereocenters. The summed E-state index contributed by atoms with van der Waals surface area (Å²) in [5.41, 5.74) is 1.21.